The standard InChI is InChI=1S/C14H20N2O/c1-12-5-2-3-6-13(12)11-14(17)16-9-4-7-15-8-10-16/h2-3,5-6,15H,4,7-11H2,1H3. The zero-order valence-corrected chi connectivity index (χ0v) is 10.4. The minimum absolute atomic E-state index is 0.253. The second kappa shape index (κ2) is 5.82. The zero-order valence-electron chi connectivity index (χ0n) is 10.4. The van der Waals surface area contributed by atoms with E-state index in [1.165, 1.54) is 5.56 Å². The van der Waals surface area contributed by atoms with Crippen LogP contribution in [0.5, 0.6) is 0 Å². The highest BCUT2D eigenvalue weighted by atomic mass is 16.2. The number of carbonyl (C=O) groups is 1. The predicted molar refractivity (Wildman–Crippen MR) is 68.9 cm³/mol. The molecule has 0 spiro atoms. The van der Waals surface area contributed by atoms with Gasteiger partial charge in [-0.25, -0.2) is 0 Å². The van der Waals surface area contributed by atoms with Crippen LogP contribution < -0.4 is 5.32 Å². The Kier molecular flexibility index (Phi) is 4.15. The van der Waals surface area contributed by atoms with Gasteiger partial charge in [0.25, 0.3) is 0 Å². The van der Waals surface area contributed by atoms with Crippen LogP contribution in [0.25, 0.3) is 0 Å². The Bertz CT molecular complexity index is 382. The maximum absolute atomic E-state index is 12.2. The van der Waals surface area contributed by atoms with E-state index < -0.39 is 0 Å². The van der Waals surface area contributed by atoms with E-state index in [-0.39, 0.29) is 5.91 Å². The lowest BCUT2D eigenvalue weighted by molar-refractivity contribution is -0.130. The van der Waals surface area contributed by atoms with Crippen LogP contribution in [0.1, 0.15) is 17.5 Å². The number of hydrogen-bond acceptors (Lipinski definition) is 2. The Labute approximate surface area is 103 Å². The maximum atomic E-state index is 12.2. The second-order valence-electron chi connectivity index (χ2n) is 4.59. The Morgan fingerprint density at radius 2 is 2.12 bits per heavy atom. The minimum Gasteiger partial charge on any atom is -0.341 e. The molecule has 1 aromatic carbocycles. The summed E-state index contributed by atoms with van der Waals surface area (Å²) in [4.78, 5) is 14.1. The number of amides is 1. The fourth-order valence-electron chi connectivity index (χ4n) is 2.18. The molecule has 0 unspecified atom stereocenters. The Balaban J connectivity index is 1.98. The van der Waals surface area contributed by atoms with E-state index in [0.29, 0.717) is 6.42 Å². The van der Waals surface area contributed by atoms with E-state index in [1.807, 2.05) is 23.1 Å². The van der Waals surface area contributed by atoms with Gasteiger partial charge in [0, 0.05) is 19.6 Å². The van der Waals surface area contributed by atoms with Crippen molar-refractivity contribution in [2.45, 2.75) is 19.8 Å². The summed E-state index contributed by atoms with van der Waals surface area (Å²) in [7, 11) is 0. The lowest BCUT2D eigenvalue weighted by Gasteiger charge is -2.20. The molecule has 3 nitrogen and oxygen atoms in total. The van der Waals surface area contributed by atoms with Gasteiger partial charge in [-0.15, -0.1) is 0 Å². The summed E-state index contributed by atoms with van der Waals surface area (Å²) in [6.45, 7) is 5.72. The molecule has 1 fully saturated rings. The van der Waals surface area contributed by atoms with Crippen LogP contribution in [0.15, 0.2) is 24.3 Å². The van der Waals surface area contributed by atoms with Crippen LogP contribution in [0.2, 0.25) is 0 Å². The van der Waals surface area contributed by atoms with Crippen molar-refractivity contribution in [3.63, 3.8) is 0 Å². The summed E-state index contributed by atoms with van der Waals surface area (Å²) >= 11 is 0. The highest BCUT2D eigenvalue weighted by molar-refractivity contribution is 5.79. The second-order valence-corrected chi connectivity index (χ2v) is 4.59. The molecule has 2 rings (SSSR count). The number of benzene rings is 1. The largest absolute Gasteiger partial charge is 0.341 e. The van der Waals surface area contributed by atoms with Crippen LogP contribution in [-0.2, 0) is 11.2 Å². The van der Waals surface area contributed by atoms with E-state index in [2.05, 4.69) is 18.3 Å². The number of rotatable bonds is 2. The number of aryl methyl sites for hydroxylation is 1. The number of carbonyl (C=O) groups excluding carboxylic acids is 1. The van der Waals surface area contributed by atoms with E-state index in [9.17, 15) is 4.79 Å². The highest BCUT2D eigenvalue weighted by Gasteiger charge is 2.15. The monoisotopic (exact) mass is 232 g/mol. The van der Waals surface area contributed by atoms with Crippen molar-refractivity contribution in [2.24, 2.45) is 0 Å². The van der Waals surface area contributed by atoms with Crippen LogP contribution in [-0.4, -0.2) is 37.0 Å². The lowest BCUT2D eigenvalue weighted by atomic mass is 10.1. The van der Waals surface area contributed by atoms with Gasteiger partial charge in [0.1, 0.15) is 0 Å². The first kappa shape index (κ1) is 12.1. The first-order chi connectivity index (χ1) is 8.27. The van der Waals surface area contributed by atoms with Crippen molar-refractivity contribution in [2.75, 3.05) is 26.2 Å². The van der Waals surface area contributed by atoms with Crippen molar-refractivity contribution in [1.82, 2.24) is 10.2 Å². The minimum atomic E-state index is 0.253. The molecule has 17 heavy (non-hydrogen) atoms. The number of hydrogen-bond donors (Lipinski definition) is 1. The van der Waals surface area contributed by atoms with Crippen LogP contribution in [0, 0.1) is 6.92 Å². The molecule has 1 aliphatic heterocycles. The molecular weight excluding hydrogens is 212 g/mol. The Hall–Kier alpha value is -1.35. The lowest BCUT2D eigenvalue weighted by Crippen LogP contribution is -2.35. The van der Waals surface area contributed by atoms with Crippen molar-refractivity contribution in [3.8, 4) is 0 Å². The van der Waals surface area contributed by atoms with E-state index in [1.54, 1.807) is 0 Å². The molecule has 1 heterocycles. The van der Waals surface area contributed by atoms with Crippen LogP contribution in [0.4, 0.5) is 0 Å². The predicted octanol–water partition coefficient (Wildman–Crippen LogP) is 1.36. The molecule has 92 valence electrons. The first-order valence-electron chi connectivity index (χ1n) is 6.30. The van der Waals surface area contributed by atoms with Gasteiger partial charge in [-0.3, -0.25) is 4.79 Å². The zero-order chi connectivity index (χ0) is 12.1. The molecule has 0 saturated carbocycles. The third kappa shape index (κ3) is 3.30. The van der Waals surface area contributed by atoms with E-state index in [0.717, 1.165) is 38.2 Å². The molecule has 1 N–H and O–H groups in total. The van der Waals surface area contributed by atoms with Crippen molar-refractivity contribution < 1.29 is 4.79 Å². The Morgan fingerprint density at radius 1 is 1.29 bits per heavy atom. The number of nitrogens with one attached hydrogen (secondary N) is 1. The van der Waals surface area contributed by atoms with E-state index >= 15 is 0 Å². The van der Waals surface area contributed by atoms with Crippen LogP contribution in [0.3, 0.4) is 0 Å². The molecule has 0 bridgehead atoms. The average molecular weight is 232 g/mol. The van der Waals surface area contributed by atoms with Gasteiger partial charge in [0.2, 0.25) is 5.91 Å². The summed E-state index contributed by atoms with van der Waals surface area (Å²) in [5.74, 6) is 0.253. The van der Waals surface area contributed by atoms with Gasteiger partial charge in [0.15, 0.2) is 0 Å². The van der Waals surface area contributed by atoms with Gasteiger partial charge < -0.3 is 10.2 Å². The third-order valence-corrected chi connectivity index (χ3v) is 3.30. The van der Waals surface area contributed by atoms with E-state index in [4.69, 9.17) is 0 Å². The first-order valence-corrected chi connectivity index (χ1v) is 6.30. The average Bonchev–Trinajstić information content (AvgIpc) is 2.61. The normalized spacial score (nSPS) is 16.6. The van der Waals surface area contributed by atoms with Gasteiger partial charge in [-0.2, -0.15) is 0 Å². The van der Waals surface area contributed by atoms with Gasteiger partial charge in [-0.05, 0) is 31.0 Å². The van der Waals surface area contributed by atoms with Gasteiger partial charge in [0.05, 0.1) is 6.42 Å². The molecule has 1 aromatic rings. The van der Waals surface area contributed by atoms with Crippen molar-refractivity contribution in [1.29, 1.82) is 0 Å². The summed E-state index contributed by atoms with van der Waals surface area (Å²) in [5.41, 5.74) is 2.35. The molecule has 3 heteroatoms. The molecule has 0 aliphatic carbocycles. The Morgan fingerprint density at radius 3 is 2.94 bits per heavy atom. The fraction of sp³-hybridized carbons (Fsp3) is 0.500. The smallest absolute Gasteiger partial charge is 0.227 e. The molecule has 0 aromatic heterocycles. The summed E-state index contributed by atoms with van der Waals surface area (Å²) in [6.07, 6.45) is 1.59. The molecule has 1 aliphatic rings. The highest BCUT2D eigenvalue weighted by Crippen LogP contribution is 2.10. The van der Waals surface area contributed by atoms with Crippen molar-refractivity contribution in [3.05, 3.63) is 35.4 Å². The maximum Gasteiger partial charge on any atom is 0.227 e. The molecule has 0 radical (unpaired) electrons. The molecule has 1 saturated heterocycles. The molecule has 0 atom stereocenters. The third-order valence-electron chi connectivity index (χ3n) is 3.30. The quantitative estimate of drug-likeness (QED) is 0.835. The van der Waals surface area contributed by atoms with Gasteiger partial charge >= 0.3 is 0 Å². The SMILES string of the molecule is Cc1ccccc1CC(=O)N1CCCNCC1. The summed E-state index contributed by atoms with van der Waals surface area (Å²) in [6, 6.07) is 8.12. The van der Waals surface area contributed by atoms with Crippen molar-refractivity contribution >= 4 is 5.91 Å². The topological polar surface area (TPSA) is 32.3 Å². The molecular formula is C14H20N2O. The number of nitrogens with zero attached hydrogens (tertiary/aromatic N) is 1. The van der Waals surface area contributed by atoms with Crippen LogP contribution >= 0.6 is 0 Å². The fourth-order valence-corrected chi connectivity index (χ4v) is 2.18. The van der Waals surface area contributed by atoms with Gasteiger partial charge in [-0.1, -0.05) is 24.3 Å². The summed E-state index contributed by atoms with van der Waals surface area (Å²) in [5, 5.41) is 3.31. The molecule has 1 amide bonds. The summed E-state index contributed by atoms with van der Waals surface area (Å²) < 4.78 is 0.